The number of hydrogen-bond acceptors (Lipinski definition) is 5. The number of fused-ring (bicyclic) bond motifs is 1. The third-order valence-electron chi connectivity index (χ3n) is 5.42. The van der Waals surface area contributed by atoms with Crippen LogP contribution in [-0.4, -0.2) is 32.6 Å². The molecule has 0 aliphatic carbocycles. The number of halogens is 2. The Morgan fingerprint density at radius 1 is 1.07 bits per heavy atom. The molecule has 1 N–H and O–H groups in total. The summed E-state index contributed by atoms with van der Waals surface area (Å²) in [6, 6.07) is 11.6. The summed E-state index contributed by atoms with van der Waals surface area (Å²) in [5, 5.41) is 4.48. The van der Waals surface area contributed by atoms with Gasteiger partial charge in [-0.25, -0.2) is 0 Å². The summed E-state index contributed by atoms with van der Waals surface area (Å²) in [6.45, 7) is 1.54. The van der Waals surface area contributed by atoms with Crippen molar-refractivity contribution in [3.63, 3.8) is 0 Å². The zero-order chi connectivity index (χ0) is 20.9. The fourth-order valence-electron chi connectivity index (χ4n) is 4.08. The van der Waals surface area contributed by atoms with Crippen LogP contribution in [0.3, 0.4) is 0 Å². The van der Waals surface area contributed by atoms with E-state index in [1.165, 1.54) is 0 Å². The SMILES string of the molecule is CN1Cc2c(Cl)cc(Cl)cc2[C@H](c2ccccc2Nc2c(N(C)C)c(=O)c2=O)C1. The molecule has 5 nitrogen and oxygen atoms in total. The Balaban J connectivity index is 1.81. The van der Waals surface area contributed by atoms with Crippen LogP contribution in [-0.2, 0) is 6.54 Å². The maximum atomic E-state index is 12.2. The first kappa shape index (κ1) is 20.0. The monoisotopic (exact) mass is 429 g/mol. The smallest absolute Gasteiger partial charge is 0.253 e. The molecule has 0 radical (unpaired) electrons. The predicted octanol–water partition coefficient (Wildman–Crippen LogP) is 3.98. The molecule has 0 spiro atoms. The number of anilines is 3. The Kier molecular flexibility index (Phi) is 5.15. The van der Waals surface area contributed by atoms with Crippen molar-refractivity contribution in [2.45, 2.75) is 12.5 Å². The third kappa shape index (κ3) is 3.44. The molecule has 0 bridgehead atoms. The van der Waals surface area contributed by atoms with E-state index in [2.05, 4.69) is 17.3 Å². The first-order valence-corrected chi connectivity index (χ1v) is 10.1. The van der Waals surface area contributed by atoms with Gasteiger partial charge in [0.05, 0.1) is 0 Å². The minimum absolute atomic E-state index is 0.0259. The first-order valence-electron chi connectivity index (χ1n) is 9.31. The Morgan fingerprint density at radius 3 is 2.52 bits per heavy atom. The van der Waals surface area contributed by atoms with Crippen molar-refractivity contribution in [3.8, 4) is 0 Å². The van der Waals surface area contributed by atoms with Crippen LogP contribution in [0.4, 0.5) is 17.1 Å². The van der Waals surface area contributed by atoms with Crippen molar-refractivity contribution >= 4 is 40.3 Å². The van der Waals surface area contributed by atoms with Crippen molar-refractivity contribution in [3.05, 3.63) is 83.6 Å². The van der Waals surface area contributed by atoms with Gasteiger partial charge < -0.3 is 15.1 Å². The maximum Gasteiger partial charge on any atom is 0.253 e. The highest BCUT2D eigenvalue weighted by atomic mass is 35.5. The van der Waals surface area contributed by atoms with Gasteiger partial charge in [-0.1, -0.05) is 41.4 Å². The van der Waals surface area contributed by atoms with Crippen LogP contribution in [0.1, 0.15) is 22.6 Å². The summed E-state index contributed by atoms with van der Waals surface area (Å²) in [6.07, 6.45) is 0. The molecule has 0 saturated carbocycles. The first-order chi connectivity index (χ1) is 13.8. The summed E-state index contributed by atoms with van der Waals surface area (Å²) in [7, 11) is 5.56. The van der Waals surface area contributed by atoms with Crippen LogP contribution in [0.5, 0.6) is 0 Å². The van der Waals surface area contributed by atoms with Gasteiger partial charge >= 0.3 is 0 Å². The van der Waals surface area contributed by atoms with Crippen LogP contribution < -0.4 is 21.1 Å². The standard InChI is InChI=1S/C22H21Cl2N3O2/c1-26(2)20-19(21(28)22(20)29)25-18-7-5-4-6-13(18)15-10-27(3)11-16-14(15)8-12(23)9-17(16)24/h4-9,15,25H,10-11H2,1-3H3/t15-/m0/s1. The van der Waals surface area contributed by atoms with Crippen LogP contribution in [0, 0.1) is 0 Å². The van der Waals surface area contributed by atoms with Crippen LogP contribution >= 0.6 is 23.2 Å². The average molecular weight is 430 g/mol. The molecule has 0 aromatic heterocycles. The van der Waals surface area contributed by atoms with Gasteiger partial charge in [0.25, 0.3) is 10.9 Å². The van der Waals surface area contributed by atoms with Crippen molar-refractivity contribution in [2.75, 3.05) is 37.9 Å². The fraction of sp³-hybridized carbons (Fsp3) is 0.273. The Bertz CT molecular complexity index is 1170. The number of hydrogen-bond donors (Lipinski definition) is 1. The minimum Gasteiger partial charge on any atom is -0.373 e. The molecule has 3 aromatic carbocycles. The second-order valence-corrected chi connectivity index (χ2v) is 8.54. The second kappa shape index (κ2) is 7.48. The van der Waals surface area contributed by atoms with E-state index in [9.17, 15) is 9.59 Å². The van der Waals surface area contributed by atoms with E-state index in [4.69, 9.17) is 23.2 Å². The second-order valence-electron chi connectivity index (χ2n) is 7.69. The lowest BCUT2D eigenvalue weighted by Gasteiger charge is -2.34. The van der Waals surface area contributed by atoms with Crippen molar-refractivity contribution in [2.24, 2.45) is 0 Å². The molecule has 7 heteroatoms. The number of nitrogens with one attached hydrogen (secondary N) is 1. The van der Waals surface area contributed by atoms with Gasteiger partial charge in [-0.05, 0) is 41.9 Å². The molecule has 1 atom stereocenters. The molecule has 1 aliphatic rings. The Hall–Kier alpha value is -2.34. The normalized spacial score (nSPS) is 16.7. The predicted molar refractivity (Wildman–Crippen MR) is 120 cm³/mol. The van der Waals surface area contributed by atoms with E-state index in [-0.39, 0.29) is 5.92 Å². The molecule has 3 aromatic rings. The molecule has 0 unspecified atom stereocenters. The molecular formula is C22H21Cl2N3O2. The lowest BCUT2D eigenvalue weighted by atomic mass is 9.84. The maximum absolute atomic E-state index is 12.2. The van der Waals surface area contributed by atoms with Gasteiger partial charge in [0.2, 0.25) is 0 Å². The fourth-order valence-corrected chi connectivity index (χ4v) is 4.65. The highest BCUT2D eigenvalue weighted by Crippen LogP contribution is 2.41. The third-order valence-corrected chi connectivity index (χ3v) is 5.98. The van der Waals surface area contributed by atoms with Crippen molar-refractivity contribution < 1.29 is 0 Å². The van der Waals surface area contributed by atoms with Crippen LogP contribution in [0.2, 0.25) is 10.0 Å². The Labute approximate surface area is 179 Å². The molecule has 150 valence electrons. The zero-order valence-corrected chi connectivity index (χ0v) is 17.9. The number of para-hydroxylation sites is 1. The lowest BCUT2D eigenvalue weighted by Crippen LogP contribution is -2.39. The number of rotatable bonds is 4. The molecule has 0 saturated heterocycles. The molecule has 1 aliphatic heterocycles. The van der Waals surface area contributed by atoms with Gasteiger partial charge in [-0.2, -0.15) is 0 Å². The van der Waals surface area contributed by atoms with E-state index in [0.717, 1.165) is 35.5 Å². The largest absolute Gasteiger partial charge is 0.373 e. The van der Waals surface area contributed by atoms with Gasteiger partial charge in [0, 0.05) is 48.8 Å². The zero-order valence-electron chi connectivity index (χ0n) is 16.4. The summed E-state index contributed by atoms with van der Waals surface area (Å²) in [4.78, 5) is 28.0. The summed E-state index contributed by atoms with van der Waals surface area (Å²) >= 11 is 12.8. The molecular weight excluding hydrogens is 409 g/mol. The van der Waals surface area contributed by atoms with Crippen LogP contribution in [0.25, 0.3) is 0 Å². The molecule has 4 rings (SSSR count). The molecule has 1 heterocycles. The van der Waals surface area contributed by atoms with Crippen molar-refractivity contribution in [1.82, 2.24) is 4.90 Å². The van der Waals surface area contributed by atoms with Crippen molar-refractivity contribution in [1.29, 1.82) is 0 Å². The topological polar surface area (TPSA) is 52.6 Å². The Morgan fingerprint density at radius 2 is 1.79 bits per heavy atom. The van der Waals surface area contributed by atoms with Crippen LogP contribution in [0.15, 0.2) is 46.0 Å². The summed E-state index contributed by atoms with van der Waals surface area (Å²) in [5.74, 6) is 0.0259. The molecule has 29 heavy (non-hydrogen) atoms. The quantitative estimate of drug-likeness (QED) is 0.635. The number of likely N-dealkylation sites (N-methyl/N-ethyl adjacent to an activating group) is 1. The number of benzene rings is 2. The lowest BCUT2D eigenvalue weighted by molar-refractivity contribution is 0.295. The average Bonchev–Trinajstić information content (AvgIpc) is 2.67. The van der Waals surface area contributed by atoms with E-state index >= 15 is 0 Å². The highest BCUT2D eigenvalue weighted by molar-refractivity contribution is 6.35. The van der Waals surface area contributed by atoms with E-state index in [0.29, 0.717) is 21.4 Å². The van der Waals surface area contributed by atoms with Gasteiger partial charge in [0.15, 0.2) is 0 Å². The van der Waals surface area contributed by atoms with Gasteiger partial charge in [-0.3, -0.25) is 9.59 Å². The summed E-state index contributed by atoms with van der Waals surface area (Å²) in [5.41, 5.74) is 3.76. The van der Waals surface area contributed by atoms with Gasteiger partial charge in [-0.15, -0.1) is 0 Å². The van der Waals surface area contributed by atoms with E-state index in [1.54, 1.807) is 25.1 Å². The minimum atomic E-state index is -0.490. The summed E-state index contributed by atoms with van der Waals surface area (Å²) < 4.78 is 0. The molecule has 0 fully saturated rings. The number of nitrogens with zero attached hydrogens (tertiary/aromatic N) is 2. The molecule has 0 amide bonds. The van der Waals surface area contributed by atoms with Gasteiger partial charge in [0.1, 0.15) is 11.4 Å². The highest BCUT2D eigenvalue weighted by Gasteiger charge is 2.30. The van der Waals surface area contributed by atoms with E-state index in [1.807, 2.05) is 30.3 Å². The van der Waals surface area contributed by atoms with E-state index < -0.39 is 10.9 Å².